The van der Waals surface area contributed by atoms with Crippen molar-refractivity contribution in [3.05, 3.63) is 85.1 Å². The number of carbonyl (C=O) groups is 4. The van der Waals surface area contributed by atoms with Gasteiger partial charge in [-0.15, -0.1) is 0 Å². The van der Waals surface area contributed by atoms with Crippen LogP contribution in [-0.4, -0.2) is 96.7 Å². The Kier molecular flexibility index (Phi) is 65.1. The lowest BCUT2D eigenvalue weighted by molar-refractivity contribution is -0.161. The third-order valence-electron chi connectivity index (χ3n) is 15.3. The lowest BCUT2D eigenvalue weighted by atomic mass is 10.1. The van der Waals surface area contributed by atoms with E-state index in [9.17, 15) is 43.2 Å². The lowest BCUT2D eigenvalue weighted by Gasteiger charge is -2.21. The van der Waals surface area contributed by atoms with Gasteiger partial charge in [-0.05, 0) is 116 Å². The molecule has 544 valence electrons. The van der Waals surface area contributed by atoms with E-state index in [1.807, 2.05) is 0 Å². The average molecular weight is 1370 g/mol. The zero-order valence-electron chi connectivity index (χ0n) is 59.1. The van der Waals surface area contributed by atoms with E-state index < -0.39 is 97.5 Å². The van der Waals surface area contributed by atoms with Gasteiger partial charge in [0.25, 0.3) is 0 Å². The van der Waals surface area contributed by atoms with Crippen LogP contribution in [0.3, 0.4) is 0 Å². The molecule has 0 aromatic carbocycles. The minimum Gasteiger partial charge on any atom is -0.462 e. The first kappa shape index (κ1) is 90.2. The van der Waals surface area contributed by atoms with Crippen LogP contribution in [0.5, 0.6) is 0 Å². The van der Waals surface area contributed by atoms with Crippen molar-refractivity contribution in [2.75, 3.05) is 39.6 Å². The van der Waals surface area contributed by atoms with Crippen LogP contribution in [0.15, 0.2) is 85.1 Å². The first-order chi connectivity index (χ1) is 45.7. The molecular weight excluding hydrogens is 1230 g/mol. The molecule has 5 unspecified atom stereocenters. The first-order valence-corrected chi connectivity index (χ1v) is 39.8. The Balaban J connectivity index is 5.35. The second-order valence-corrected chi connectivity index (χ2v) is 27.4. The van der Waals surface area contributed by atoms with E-state index in [0.717, 1.165) is 154 Å². The van der Waals surface area contributed by atoms with Crippen LogP contribution in [0.2, 0.25) is 0 Å². The van der Waals surface area contributed by atoms with Crippen LogP contribution in [0.4, 0.5) is 0 Å². The molecule has 0 aliphatic carbocycles. The zero-order valence-corrected chi connectivity index (χ0v) is 60.9. The lowest BCUT2D eigenvalue weighted by Crippen LogP contribution is -2.30. The Morgan fingerprint density at radius 2 is 0.574 bits per heavy atom. The molecule has 0 amide bonds. The fourth-order valence-electron chi connectivity index (χ4n) is 9.71. The summed E-state index contributed by atoms with van der Waals surface area (Å²) in [7, 11) is -9.95. The molecule has 3 N–H and O–H groups in total. The molecule has 0 radical (unpaired) electrons. The number of allylic oxidation sites excluding steroid dienone is 14. The third-order valence-corrected chi connectivity index (χ3v) is 17.2. The molecule has 0 saturated heterocycles. The fraction of sp³-hybridized carbons (Fsp3) is 0.760. The van der Waals surface area contributed by atoms with Crippen LogP contribution in [0.1, 0.15) is 310 Å². The smallest absolute Gasteiger partial charge is 0.462 e. The standard InChI is InChI=1S/C75H132O17P2/c1-5-9-13-17-21-25-29-32-34-37-40-43-47-51-55-59-72(77)85-65-70(91-74(79)61-57-53-49-45-39-28-24-20-16-12-8-4)67-89-93(81,82)87-63-69(76)64-88-94(83,84)90-68-71(92-75(80)62-58-54-50-46-42-36-31-27-23-19-15-11-7-3)66-86-73(78)60-56-52-48-44-41-38-35-33-30-26-22-18-14-10-6-2/h9,13,15,19,21,25,27,31-35,40,43,69-71,76H,5-8,10-12,14,16-18,20,22-24,26,28-30,36-39,41-42,44-68H2,1-4H3,(H,81,82)(H,83,84)/b13-9-,19-15-,25-21-,31-27-,34-32-,35-33-,43-40-. The van der Waals surface area contributed by atoms with Crippen LogP contribution in [0.25, 0.3) is 0 Å². The summed E-state index contributed by atoms with van der Waals surface area (Å²) in [5, 5.41) is 10.6. The van der Waals surface area contributed by atoms with Gasteiger partial charge in [-0.1, -0.05) is 254 Å². The van der Waals surface area contributed by atoms with Gasteiger partial charge in [0.15, 0.2) is 12.2 Å². The molecule has 0 aliphatic heterocycles. The highest BCUT2D eigenvalue weighted by Crippen LogP contribution is 2.45. The molecule has 17 nitrogen and oxygen atoms in total. The molecule has 0 aromatic rings. The Morgan fingerprint density at radius 1 is 0.309 bits per heavy atom. The molecule has 0 bridgehead atoms. The summed E-state index contributed by atoms with van der Waals surface area (Å²) in [6.07, 6.45) is 67.3. The quantitative estimate of drug-likeness (QED) is 0.0169. The van der Waals surface area contributed by atoms with Crippen molar-refractivity contribution in [3.63, 3.8) is 0 Å². The molecule has 0 fully saturated rings. The van der Waals surface area contributed by atoms with Gasteiger partial charge in [0.2, 0.25) is 0 Å². The Labute approximate surface area is 570 Å². The number of unbranched alkanes of at least 4 members (excludes halogenated alkanes) is 29. The number of esters is 4. The monoisotopic (exact) mass is 1370 g/mol. The summed E-state index contributed by atoms with van der Waals surface area (Å²) >= 11 is 0. The molecule has 0 spiro atoms. The van der Waals surface area contributed by atoms with Gasteiger partial charge in [-0.2, -0.15) is 0 Å². The van der Waals surface area contributed by atoms with Gasteiger partial charge in [0.1, 0.15) is 19.3 Å². The highest BCUT2D eigenvalue weighted by Gasteiger charge is 2.30. The van der Waals surface area contributed by atoms with Crippen LogP contribution < -0.4 is 0 Å². The zero-order chi connectivity index (χ0) is 69.0. The number of hydrogen-bond donors (Lipinski definition) is 3. The molecule has 19 heteroatoms. The van der Waals surface area contributed by atoms with Gasteiger partial charge >= 0.3 is 39.5 Å². The van der Waals surface area contributed by atoms with Crippen molar-refractivity contribution in [1.29, 1.82) is 0 Å². The van der Waals surface area contributed by atoms with E-state index in [0.29, 0.717) is 25.7 Å². The number of aliphatic hydroxyl groups is 1. The highest BCUT2D eigenvalue weighted by atomic mass is 31.2. The van der Waals surface area contributed by atoms with E-state index in [1.165, 1.54) is 77.0 Å². The highest BCUT2D eigenvalue weighted by molar-refractivity contribution is 7.47. The van der Waals surface area contributed by atoms with Gasteiger partial charge < -0.3 is 33.8 Å². The molecule has 5 atom stereocenters. The SMILES string of the molecule is CC/C=C\C/C=C\C/C=C\C/C=C\CCCCC(=O)OCC(COP(=O)(O)OCC(O)COP(=O)(O)OCC(COC(=O)CCCCCCC/C=C\CCCCCCCC)OC(=O)CCCCCCC/C=C\C/C=C\CCC)OC(=O)CCCCCCCCCCCCC. The number of ether oxygens (including phenoxy) is 4. The summed E-state index contributed by atoms with van der Waals surface area (Å²) in [5.74, 6) is -2.23. The third kappa shape index (κ3) is 66.8. The molecule has 0 saturated carbocycles. The Hall–Kier alpha value is -3.76. The van der Waals surface area contributed by atoms with Crippen LogP contribution in [0, 0.1) is 0 Å². The van der Waals surface area contributed by atoms with Crippen LogP contribution >= 0.6 is 15.6 Å². The minimum atomic E-state index is -4.97. The normalized spacial score (nSPS) is 14.5. The molecule has 0 aromatic heterocycles. The summed E-state index contributed by atoms with van der Waals surface area (Å²) in [4.78, 5) is 72.6. The number of rotatable bonds is 69. The Morgan fingerprint density at radius 3 is 0.926 bits per heavy atom. The maximum Gasteiger partial charge on any atom is 0.472 e. The molecule has 0 rings (SSSR count). The van der Waals surface area contributed by atoms with Crippen molar-refractivity contribution < 1.29 is 80.2 Å². The number of phosphoric acid groups is 2. The average Bonchev–Trinajstić information content (AvgIpc) is 1.35. The summed E-state index contributed by atoms with van der Waals surface area (Å²) in [5.41, 5.74) is 0. The number of hydrogen-bond acceptors (Lipinski definition) is 15. The summed E-state index contributed by atoms with van der Waals surface area (Å²) < 4.78 is 68.3. The van der Waals surface area contributed by atoms with Crippen molar-refractivity contribution in [2.45, 2.75) is 329 Å². The summed E-state index contributed by atoms with van der Waals surface area (Å²) in [6.45, 7) is 4.62. The van der Waals surface area contributed by atoms with E-state index in [-0.39, 0.29) is 25.7 Å². The predicted octanol–water partition coefficient (Wildman–Crippen LogP) is 20.7. The van der Waals surface area contributed by atoms with Crippen molar-refractivity contribution in [2.24, 2.45) is 0 Å². The first-order valence-electron chi connectivity index (χ1n) is 36.8. The number of phosphoric ester groups is 2. The van der Waals surface area contributed by atoms with E-state index in [4.69, 9.17) is 37.0 Å². The van der Waals surface area contributed by atoms with Crippen LogP contribution in [-0.2, 0) is 65.4 Å². The van der Waals surface area contributed by atoms with Crippen molar-refractivity contribution in [1.82, 2.24) is 0 Å². The predicted molar refractivity (Wildman–Crippen MR) is 381 cm³/mol. The van der Waals surface area contributed by atoms with E-state index in [2.05, 4.69) is 113 Å². The van der Waals surface area contributed by atoms with Gasteiger partial charge in [-0.25, -0.2) is 9.13 Å². The van der Waals surface area contributed by atoms with Crippen molar-refractivity contribution in [3.8, 4) is 0 Å². The minimum absolute atomic E-state index is 0.0780. The number of carbonyl (C=O) groups excluding carboxylic acids is 4. The maximum absolute atomic E-state index is 13.0. The van der Waals surface area contributed by atoms with Gasteiger partial charge in [0, 0.05) is 25.7 Å². The van der Waals surface area contributed by atoms with E-state index in [1.54, 1.807) is 0 Å². The van der Waals surface area contributed by atoms with E-state index >= 15 is 0 Å². The largest absolute Gasteiger partial charge is 0.472 e. The molecule has 0 heterocycles. The second-order valence-electron chi connectivity index (χ2n) is 24.5. The summed E-state index contributed by atoms with van der Waals surface area (Å²) in [6, 6.07) is 0. The second kappa shape index (κ2) is 67.8. The molecular formula is C75H132O17P2. The van der Waals surface area contributed by atoms with Gasteiger partial charge in [-0.3, -0.25) is 37.3 Å². The maximum atomic E-state index is 13.0. The van der Waals surface area contributed by atoms with Crippen molar-refractivity contribution >= 4 is 39.5 Å². The number of aliphatic hydroxyl groups excluding tert-OH is 1. The fourth-order valence-corrected chi connectivity index (χ4v) is 11.3. The van der Waals surface area contributed by atoms with Gasteiger partial charge in [0.05, 0.1) is 26.4 Å². The topological polar surface area (TPSA) is 237 Å². The molecule has 94 heavy (non-hydrogen) atoms. The Bertz CT molecular complexity index is 2120. The molecule has 0 aliphatic rings.